The van der Waals surface area contributed by atoms with Gasteiger partial charge in [0.1, 0.15) is 16.6 Å². The van der Waals surface area contributed by atoms with Gasteiger partial charge in [-0.05, 0) is 41.7 Å². The number of para-hydroxylation sites is 1. The number of rotatable bonds is 4. The average Bonchev–Trinajstić information content (AvgIpc) is 3.19. The number of amides is 1. The van der Waals surface area contributed by atoms with Crippen molar-refractivity contribution in [2.24, 2.45) is 0 Å². The molecule has 1 N–H and O–H groups in total. The van der Waals surface area contributed by atoms with Gasteiger partial charge in [0.05, 0.1) is 16.6 Å². The minimum Gasteiger partial charge on any atom is -0.452 e. The molecular formula is C24H16N4O3S. The summed E-state index contributed by atoms with van der Waals surface area (Å²) in [6.45, 7) is -0.473. The molecule has 1 aliphatic carbocycles. The molecule has 0 bridgehead atoms. The quantitative estimate of drug-likeness (QED) is 0.479. The minimum atomic E-state index is -0.661. The van der Waals surface area contributed by atoms with Gasteiger partial charge in [-0.1, -0.05) is 30.3 Å². The molecular weight excluding hydrogens is 424 g/mol. The van der Waals surface area contributed by atoms with Gasteiger partial charge in [0.25, 0.3) is 5.91 Å². The molecule has 2 heterocycles. The third-order valence-corrected chi connectivity index (χ3v) is 6.51. The maximum absolute atomic E-state index is 12.5. The summed E-state index contributed by atoms with van der Waals surface area (Å²) in [5, 5.41) is 12.9. The van der Waals surface area contributed by atoms with Crippen molar-refractivity contribution >= 4 is 39.2 Å². The van der Waals surface area contributed by atoms with E-state index in [1.165, 1.54) is 29.3 Å². The maximum atomic E-state index is 12.5. The fourth-order valence-electron chi connectivity index (χ4n) is 3.88. The van der Waals surface area contributed by atoms with Gasteiger partial charge >= 0.3 is 5.97 Å². The topological polar surface area (TPSA) is 105 Å². The molecule has 0 saturated carbocycles. The first-order valence-corrected chi connectivity index (χ1v) is 10.8. The molecule has 8 heteroatoms. The first-order chi connectivity index (χ1) is 15.7. The summed E-state index contributed by atoms with van der Waals surface area (Å²) in [5.74, 6) is -1.17. The molecule has 2 aromatic heterocycles. The van der Waals surface area contributed by atoms with Gasteiger partial charge < -0.3 is 10.1 Å². The Balaban J connectivity index is 1.33. The number of aryl methyl sites for hydroxylation is 1. The van der Waals surface area contributed by atoms with Crippen molar-refractivity contribution in [2.75, 3.05) is 11.9 Å². The van der Waals surface area contributed by atoms with Gasteiger partial charge in [-0.15, -0.1) is 11.3 Å². The normalized spacial score (nSPS) is 11.8. The Hall–Kier alpha value is -4.09. The second-order valence-corrected chi connectivity index (χ2v) is 8.26. The maximum Gasteiger partial charge on any atom is 0.340 e. The van der Waals surface area contributed by atoms with Crippen molar-refractivity contribution in [3.8, 4) is 16.5 Å². The molecule has 0 saturated heterocycles. The molecule has 156 valence electrons. The lowest BCUT2D eigenvalue weighted by Crippen LogP contribution is -2.21. The number of carbonyl (C=O) groups is 2. The van der Waals surface area contributed by atoms with Crippen molar-refractivity contribution in [1.29, 1.82) is 5.26 Å². The number of aromatic nitrogens is 2. The van der Waals surface area contributed by atoms with Gasteiger partial charge in [-0.3, -0.25) is 14.8 Å². The summed E-state index contributed by atoms with van der Waals surface area (Å²) < 4.78 is 5.20. The highest BCUT2D eigenvalue weighted by Gasteiger charge is 2.25. The van der Waals surface area contributed by atoms with Crippen LogP contribution >= 0.6 is 11.3 Å². The molecule has 1 aliphatic rings. The first-order valence-electron chi connectivity index (χ1n) is 9.96. The number of hydrogen-bond acceptors (Lipinski definition) is 7. The third kappa shape index (κ3) is 3.49. The molecule has 5 rings (SSSR count). The van der Waals surface area contributed by atoms with Crippen molar-refractivity contribution in [2.45, 2.75) is 12.8 Å². The standard InChI is InChI=1S/C24H16N4O3S/c25-12-18-16-9-8-14-4-1-2-5-15(14)22(16)32-23(18)28-20(29)13-31-24(30)17-6-3-7-19-21(17)27-11-10-26-19/h1-7,10-11H,8-9,13H2,(H,28,29). The van der Waals surface area contributed by atoms with Gasteiger partial charge in [0.15, 0.2) is 6.61 Å². The molecule has 4 aromatic rings. The second-order valence-electron chi connectivity index (χ2n) is 7.24. The van der Waals surface area contributed by atoms with Crippen LogP contribution in [-0.2, 0) is 22.4 Å². The van der Waals surface area contributed by atoms with E-state index in [2.05, 4.69) is 27.4 Å². The Labute approximate surface area is 187 Å². The average molecular weight is 440 g/mol. The summed E-state index contributed by atoms with van der Waals surface area (Å²) in [6, 6.07) is 15.3. The van der Waals surface area contributed by atoms with Crippen LogP contribution in [0.15, 0.2) is 54.9 Å². The number of ether oxygens (including phenoxy) is 1. The summed E-state index contributed by atoms with van der Waals surface area (Å²) in [4.78, 5) is 34.4. The second kappa shape index (κ2) is 8.21. The van der Waals surface area contributed by atoms with E-state index in [0.717, 1.165) is 28.8 Å². The van der Waals surface area contributed by atoms with Crippen molar-refractivity contribution in [3.05, 3.63) is 77.1 Å². The molecule has 0 radical (unpaired) electrons. The molecule has 0 unspecified atom stereocenters. The van der Waals surface area contributed by atoms with Crippen LogP contribution in [0.3, 0.4) is 0 Å². The van der Waals surface area contributed by atoms with E-state index in [-0.39, 0.29) is 5.56 Å². The van der Waals surface area contributed by atoms with Crippen LogP contribution in [0, 0.1) is 11.3 Å². The smallest absolute Gasteiger partial charge is 0.340 e. The number of hydrogen-bond donors (Lipinski definition) is 1. The largest absolute Gasteiger partial charge is 0.452 e. The third-order valence-electron chi connectivity index (χ3n) is 5.33. The summed E-state index contributed by atoms with van der Waals surface area (Å²) in [6.07, 6.45) is 4.63. The molecule has 7 nitrogen and oxygen atoms in total. The number of nitrogens with zero attached hydrogens (tertiary/aromatic N) is 3. The molecule has 0 atom stereocenters. The first kappa shape index (κ1) is 19.8. The Kier molecular flexibility index (Phi) is 5.09. The number of fused-ring (bicyclic) bond motifs is 4. The number of anilines is 1. The zero-order chi connectivity index (χ0) is 22.1. The van der Waals surface area contributed by atoms with E-state index < -0.39 is 18.5 Å². The molecule has 32 heavy (non-hydrogen) atoms. The van der Waals surface area contributed by atoms with Gasteiger partial charge in [0, 0.05) is 17.3 Å². The fourth-order valence-corrected chi connectivity index (χ4v) is 5.15. The Bertz CT molecular complexity index is 1420. The highest BCUT2D eigenvalue weighted by molar-refractivity contribution is 7.20. The van der Waals surface area contributed by atoms with Crippen LogP contribution in [0.25, 0.3) is 21.5 Å². The summed E-state index contributed by atoms with van der Waals surface area (Å²) in [5.41, 5.74) is 4.98. The van der Waals surface area contributed by atoms with Crippen LogP contribution in [0.1, 0.15) is 27.0 Å². The lowest BCUT2D eigenvalue weighted by molar-refractivity contribution is -0.119. The van der Waals surface area contributed by atoms with Crippen LogP contribution in [0.5, 0.6) is 0 Å². The van der Waals surface area contributed by atoms with E-state index in [1.807, 2.05) is 18.2 Å². The van der Waals surface area contributed by atoms with Gasteiger partial charge in [0.2, 0.25) is 0 Å². The van der Waals surface area contributed by atoms with E-state index in [4.69, 9.17) is 4.74 Å². The lowest BCUT2D eigenvalue weighted by atomic mass is 9.90. The molecule has 1 amide bonds. The zero-order valence-corrected chi connectivity index (χ0v) is 17.6. The predicted molar refractivity (Wildman–Crippen MR) is 120 cm³/mol. The number of nitriles is 1. The van der Waals surface area contributed by atoms with Crippen LogP contribution in [-0.4, -0.2) is 28.5 Å². The van der Waals surface area contributed by atoms with E-state index in [0.29, 0.717) is 21.6 Å². The fraction of sp³-hybridized carbons (Fsp3) is 0.125. The lowest BCUT2D eigenvalue weighted by Gasteiger charge is -2.15. The summed E-state index contributed by atoms with van der Waals surface area (Å²) in [7, 11) is 0. The molecule has 0 spiro atoms. The zero-order valence-electron chi connectivity index (χ0n) is 16.8. The molecule has 2 aromatic carbocycles. The minimum absolute atomic E-state index is 0.240. The predicted octanol–water partition coefficient (Wildman–Crippen LogP) is 4.12. The highest BCUT2D eigenvalue weighted by atomic mass is 32.1. The van der Waals surface area contributed by atoms with Crippen molar-refractivity contribution < 1.29 is 14.3 Å². The van der Waals surface area contributed by atoms with Crippen LogP contribution in [0.2, 0.25) is 0 Å². The SMILES string of the molecule is N#Cc1c(NC(=O)COC(=O)c2cccc3nccnc23)sc2c1CCc1ccccc1-2. The number of esters is 1. The van der Waals surface area contributed by atoms with Crippen molar-refractivity contribution in [1.82, 2.24) is 9.97 Å². The van der Waals surface area contributed by atoms with Crippen LogP contribution in [0.4, 0.5) is 5.00 Å². The Morgan fingerprint density at radius 3 is 2.81 bits per heavy atom. The molecule has 0 aliphatic heterocycles. The van der Waals surface area contributed by atoms with E-state index in [1.54, 1.807) is 18.2 Å². The molecule has 0 fully saturated rings. The number of carbonyl (C=O) groups excluding carboxylic acids is 2. The van der Waals surface area contributed by atoms with E-state index >= 15 is 0 Å². The number of benzene rings is 2. The summed E-state index contributed by atoms with van der Waals surface area (Å²) >= 11 is 1.38. The van der Waals surface area contributed by atoms with Crippen LogP contribution < -0.4 is 5.32 Å². The van der Waals surface area contributed by atoms with E-state index in [9.17, 15) is 14.9 Å². The Morgan fingerprint density at radius 1 is 1.09 bits per heavy atom. The monoisotopic (exact) mass is 440 g/mol. The van der Waals surface area contributed by atoms with Crippen molar-refractivity contribution in [3.63, 3.8) is 0 Å². The van der Waals surface area contributed by atoms with Gasteiger partial charge in [-0.25, -0.2) is 4.79 Å². The number of nitrogens with one attached hydrogen (secondary N) is 1. The van der Waals surface area contributed by atoms with Gasteiger partial charge in [-0.2, -0.15) is 5.26 Å². The number of thiophene rings is 1. The Morgan fingerprint density at radius 2 is 1.94 bits per heavy atom. The highest BCUT2D eigenvalue weighted by Crippen LogP contribution is 2.44.